The van der Waals surface area contributed by atoms with Gasteiger partial charge in [0.15, 0.2) is 0 Å². The van der Waals surface area contributed by atoms with Crippen LogP contribution in [-0.4, -0.2) is 45.4 Å². The van der Waals surface area contributed by atoms with Crippen molar-refractivity contribution in [2.24, 2.45) is 0 Å². The first-order valence-electron chi connectivity index (χ1n) is 14.7. The molecule has 0 saturated heterocycles. The number of aryl methyl sites for hydroxylation is 2. The van der Waals surface area contributed by atoms with E-state index in [1.54, 1.807) is 4.90 Å². The molecule has 0 atom stereocenters. The standard InChI is InChI=1S/C33H43ClN4O2/c1-4-5-20-37(33(40)35-32-25(2)13-11-14-26(32)3)24-31(39)38(28-16-7-6-8-17-28)23-29-18-12-21-36(29)22-27-15-9-10-19-30(27)34/h9-15,18-19,21,28H,4-8,16-17,20,22-24H2,1-3H3,(H,35,40). The number of hydrogen-bond donors (Lipinski definition) is 1. The largest absolute Gasteiger partial charge is 0.345 e. The number of halogens is 1. The van der Waals surface area contributed by atoms with Crippen molar-refractivity contribution in [3.63, 3.8) is 0 Å². The van der Waals surface area contributed by atoms with E-state index >= 15 is 0 Å². The van der Waals surface area contributed by atoms with Gasteiger partial charge in [0.2, 0.25) is 5.91 Å². The molecule has 0 radical (unpaired) electrons. The van der Waals surface area contributed by atoms with Crippen molar-refractivity contribution < 1.29 is 9.59 Å². The SMILES string of the molecule is CCCCN(CC(=O)N(Cc1cccn1Cc1ccccc1Cl)C1CCCCC1)C(=O)Nc1c(C)cccc1C. The number of carbonyl (C=O) groups excluding carboxylic acids is 2. The number of anilines is 1. The average Bonchev–Trinajstić information content (AvgIpc) is 3.39. The smallest absolute Gasteiger partial charge is 0.322 e. The predicted molar refractivity (Wildman–Crippen MR) is 164 cm³/mol. The van der Waals surface area contributed by atoms with Crippen LogP contribution in [0.4, 0.5) is 10.5 Å². The van der Waals surface area contributed by atoms with Crippen molar-refractivity contribution in [1.29, 1.82) is 0 Å². The summed E-state index contributed by atoms with van der Waals surface area (Å²) in [5, 5.41) is 3.84. The van der Waals surface area contributed by atoms with Crippen LogP contribution >= 0.6 is 11.6 Å². The molecule has 3 aromatic rings. The van der Waals surface area contributed by atoms with Crippen LogP contribution in [0.5, 0.6) is 0 Å². The Labute approximate surface area is 244 Å². The minimum atomic E-state index is -0.218. The molecular weight excluding hydrogens is 520 g/mol. The van der Waals surface area contributed by atoms with E-state index in [-0.39, 0.29) is 24.5 Å². The van der Waals surface area contributed by atoms with E-state index in [0.29, 0.717) is 19.6 Å². The lowest BCUT2D eigenvalue weighted by atomic mass is 9.94. The number of carbonyl (C=O) groups is 2. The number of urea groups is 1. The first-order valence-corrected chi connectivity index (χ1v) is 15.0. The first kappa shape index (κ1) is 29.7. The molecule has 1 aromatic heterocycles. The van der Waals surface area contributed by atoms with Gasteiger partial charge in [-0.2, -0.15) is 0 Å². The predicted octanol–water partition coefficient (Wildman–Crippen LogP) is 7.80. The first-order chi connectivity index (χ1) is 19.4. The zero-order valence-electron chi connectivity index (χ0n) is 24.2. The third-order valence-electron chi connectivity index (χ3n) is 8.00. The lowest BCUT2D eigenvalue weighted by Gasteiger charge is -2.36. The summed E-state index contributed by atoms with van der Waals surface area (Å²) in [6.07, 6.45) is 9.31. The highest BCUT2D eigenvalue weighted by Crippen LogP contribution is 2.26. The molecule has 0 spiro atoms. The molecule has 1 saturated carbocycles. The molecule has 2 aromatic carbocycles. The van der Waals surface area contributed by atoms with E-state index in [2.05, 4.69) is 22.9 Å². The van der Waals surface area contributed by atoms with Gasteiger partial charge in [0.1, 0.15) is 6.54 Å². The minimum Gasteiger partial charge on any atom is -0.345 e. The molecule has 1 heterocycles. The third-order valence-corrected chi connectivity index (χ3v) is 8.37. The van der Waals surface area contributed by atoms with Crippen molar-refractivity contribution in [2.45, 2.75) is 84.8 Å². The number of benzene rings is 2. The van der Waals surface area contributed by atoms with Crippen LogP contribution in [0.15, 0.2) is 60.8 Å². The summed E-state index contributed by atoms with van der Waals surface area (Å²) in [5.41, 5.74) is 4.96. The Morgan fingerprint density at radius 2 is 1.70 bits per heavy atom. The number of para-hydroxylation sites is 1. The van der Waals surface area contributed by atoms with Gasteiger partial charge in [-0.05, 0) is 68.0 Å². The molecule has 1 aliphatic carbocycles. The highest BCUT2D eigenvalue weighted by Gasteiger charge is 2.29. The van der Waals surface area contributed by atoms with Crippen LogP contribution in [-0.2, 0) is 17.9 Å². The van der Waals surface area contributed by atoms with E-state index in [0.717, 1.165) is 71.6 Å². The van der Waals surface area contributed by atoms with E-state index < -0.39 is 0 Å². The maximum Gasteiger partial charge on any atom is 0.322 e. The molecule has 3 amide bonds. The maximum atomic E-state index is 14.0. The van der Waals surface area contributed by atoms with Crippen molar-refractivity contribution in [2.75, 3.05) is 18.4 Å². The van der Waals surface area contributed by atoms with Gasteiger partial charge in [0.25, 0.3) is 0 Å². The summed E-state index contributed by atoms with van der Waals surface area (Å²) < 4.78 is 2.17. The van der Waals surface area contributed by atoms with Crippen LogP contribution in [0.25, 0.3) is 0 Å². The Balaban J connectivity index is 1.54. The van der Waals surface area contributed by atoms with Crippen LogP contribution in [0.1, 0.15) is 74.3 Å². The third kappa shape index (κ3) is 7.69. The molecule has 6 nitrogen and oxygen atoms in total. The van der Waals surface area contributed by atoms with Gasteiger partial charge in [0, 0.05) is 41.7 Å². The van der Waals surface area contributed by atoms with Crippen LogP contribution in [0.2, 0.25) is 5.02 Å². The lowest BCUT2D eigenvalue weighted by Crippen LogP contribution is -2.48. The summed E-state index contributed by atoms with van der Waals surface area (Å²) in [7, 11) is 0. The second-order valence-corrected chi connectivity index (χ2v) is 11.4. The number of nitrogens with zero attached hydrogens (tertiary/aromatic N) is 3. The Morgan fingerprint density at radius 3 is 2.40 bits per heavy atom. The number of hydrogen-bond acceptors (Lipinski definition) is 2. The molecule has 1 N–H and O–H groups in total. The molecule has 0 aliphatic heterocycles. The van der Waals surface area contributed by atoms with Crippen LogP contribution < -0.4 is 5.32 Å². The summed E-state index contributed by atoms with van der Waals surface area (Å²) in [4.78, 5) is 31.2. The van der Waals surface area contributed by atoms with Gasteiger partial charge >= 0.3 is 6.03 Å². The second kappa shape index (κ2) is 14.4. The quantitative estimate of drug-likeness (QED) is 0.259. The van der Waals surface area contributed by atoms with E-state index in [1.165, 1.54) is 6.42 Å². The summed E-state index contributed by atoms with van der Waals surface area (Å²) in [6.45, 7) is 7.86. The number of amides is 3. The van der Waals surface area contributed by atoms with Crippen LogP contribution in [0, 0.1) is 13.8 Å². The molecule has 1 fully saturated rings. The number of rotatable bonds is 11. The van der Waals surface area contributed by atoms with Gasteiger partial charge in [-0.1, -0.05) is 80.6 Å². The Morgan fingerprint density at radius 1 is 0.975 bits per heavy atom. The van der Waals surface area contributed by atoms with Crippen molar-refractivity contribution >= 4 is 29.2 Å². The fourth-order valence-electron chi connectivity index (χ4n) is 5.60. The molecule has 1 aliphatic rings. The number of aromatic nitrogens is 1. The maximum absolute atomic E-state index is 14.0. The summed E-state index contributed by atoms with van der Waals surface area (Å²) in [5.74, 6) is 0.00477. The number of nitrogens with one attached hydrogen (secondary N) is 1. The molecule has 0 bridgehead atoms. The normalized spacial score (nSPS) is 13.7. The molecule has 214 valence electrons. The van der Waals surface area contributed by atoms with E-state index in [4.69, 9.17) is 11.6 Å². The van der Waals surface area contributed by atoms with Crippen molar-refractivity contribution in [3.05, 3.63) is 88.2 Å². The second-order valence-electron chi connectivity index (χ2n) is 11.0. The zero-order chi connectivity index (χ0) is 28.5. The van der Waals surface area contributed by atoms with Gasteiger partial charge in [0.05, 0.1) is 6.54 Å². The fourth-order valence-corrected chi connectivity index (χ4v) is 5.79. The molecule has 40 heavy (non-hydrogen) atoms. The Hall–Kier alpha value is -3.25. The molecule has 4 rings (SSSR count). The highest BCUT2D eigenvalue weighted by atomic mass is 35.5. The van der Waals surface area contributed by atoms with E-state index in [1.807, 2.05) is 73.5 Å². The molecule has 7 heteroatoms. The monoisotopic (exact) mass is 562 g/mol. The summed E-state index contributed by atoms with van der Waals surface area (Å²) >= 11 is 6.46. The fraction of sp³-hybridized carbons (Fsp3) is 0.455. The van der Waals surface area contributed by atoms with Crippen molar-refractivity contribution in [1.82, 2.24) is 14.4 Å². The average molecular weight is 563 g/mol. The van der Waals surface area contributed by atoms with Gasteiger partial charge in [-0.25, -0.2) is 4.79 Å². The highest BCUT2D eigenvalue weighted by molar-refractivity contribution is 6.31. The van der Waals surface area contributed by atoms with Crippen LogP contribution in [0.3, 0.4) is 0 Å². The Bertz CT molecular complexity index is 1260. The van der Waals surface area contributed by atoms with Gasteiger partial charge < -0.3 is 19.7 Å². The van der Waals surface area contributed by atoms with Gasteiger partial charge in [-0.15, -0.1) is 0 Å². The Kier molecular flexibility index (Phi) is 10.7. The zero-order valence-corrected chi connectivity index (χ0v) is 24.9. The van der Waals surface area contributed by atoms with Gasteiger partial charge in [-0.3, -0.25) is 4.79 Å². The van der Waals surface area contributed by atoms with Crippen molar-refractivity contribution in [3.8, 4) is 0 Å². The minimum absolute atomic E-state index is 0.00477. The number of unbranched alkanes of at least 4 members (excludes halogenated alkanes) is 1. The van der Waals surface area contributed by atoms with E-state index in [9.17, 15) is 9.59 Å². The molecule has 0 unspecified atom stereocenters. The summed E-state index contributed by atoms with van der Waals surface area (Å²) in [6, 6.07) is 17.9. The lowest BCUT2D eigenvalue weighted by molar-refractivity contribution is -0.135. The molecular formula is C33H43ClN4O2. The topological polar surface area (TPSA) is 57.6 Å².